The molecule has 2 rings (SSSR count). The highest BCUT2D eigenvalue weighted by Crippen LogP contribution is 2.12. The van der Waals surface area contributed by atoms with Crippen molar-refractivity contribution >= 4 is 11.5 Å². The van der Waals surface area contributed by atoms with E-state index >= 15 is 0 Å². The number of aliphatic imine (C=N–C) groups is 1. The van der Waals surface area contributed by atoms with Crippen LogP contribution in [0.15, 0.2) is 51.8 Å². The summed E-state index contributed by atoms with van der Waals surface area (Å²) in [4.78, 5) is 4.17. The first-order valence-corrected chi connectivity index (χ1v) is 7.18. The molecule has 1 heterocycles. The molecule has 0 saturated heterocycles. The van der Waals surface area contributed by atoms with Crippen LogP contribution in [0, 0.1) is 17.0 Å². The molecule has 0 saturated carbocycles. The Bertz CT molecular complexity index is 739. The van der Waals surface area contributed by atoms with Gasteiger partial charge in [0.2, 0.25) is 0 Å². The van der Waals surface area contributed by atoms with Crippen molar-refractivity contribution in [3.8, 4) is 0 Å². The Balaban J connectivity index is 0.00000139. The van der Waals surface area contributed by atoms with Crippen molar-refractivity contribution < 1.29 is 13.3 Å². The summed E-state index contributed by atoms with van der Waals surface area (Å²) in [6.45, 7) is 3.94. The molecule has 8 heteroatoms. The van der Waals surface area contributed by atoms with Crippen LogP contribution in [0.3, 0.4) is 0 Å². The first kappa shape index (κ1) is 19.0. The Morgan fingerprint density at radius 3 is 2.54 bits per heavy atom. The highest BCUT2D eigenvalue weighted by Gasteiger charge is 2.08. The maximum Gasteiger partial charge on any atom is 0.139 e. The largest absolute Gasteiger partial charge is 0.396 e. The van der Waals surface area contributed by atoms with Crippen molar-refractivity contribution in [2.24, 2.45) is 16.5 Å². The lowest BCUT2D eigenvalue weighted by molar-refractivity contribution is 0.418. The predicted molar refractivity (Wildman–Crippen MR) is 88.6 cm³/mol. The minimum absolute atomic E-state index is 0.0127. The number of nitrogens with zero attached hydrogens (tertiary/aromatic N) is 2. The third kappa shape index (κ3) is 5.31. The van der Waals surface area contributed by atoms with Crippen LogP contribution in [0.4, 0.5) is 8.78 Å². The van der Waals surface area contributed by atoms with Crippen LogP contribution in [0.1, 0.15) is 25.1 Å². The van der Waals surface area contributed by atoms with E-state index in [1.807, 2.05) is 13.8 Å². The normalized spacial score (nSPS) is 11.7. The van der Waals surface area contributed by atoms with Gasteiger partial charge < -0.3 is 16.0 Å². The standard InChI is InChI=1S/C14H13F2N5O.C2H6/c15-9-2-1-8(10(16)5-9)7-20-13(6-11(17)14(18)19)12-3-4-22-21-12;1-2/h1-6H,7,17H2,(H3,18,19);1-2H3/b11-6-,20-13?;. The predicted octanol–water partition coefficient (Wildman–Crippen LogP) is 2.75. The number of aromatic nitrogens is 1. The fourth-order valence-corrected chi connectivity index (χ4v) is 1.59. The quantitative estimate of drug-likeness (QED) is 0.575. The van der Waals surface area contributed by atoms with E-state index in [2.05, 4.69) is 10.1 Å². The molecule has 0 atom stereocenters. The van der Waals surface area contributed by atoms with Crippen LogP contribution in [-0.4, -0.2) is 16.7 Å². The van der Waals surface area contributed by atoms with Gasteiger partial charge in [0.15, 0.2) is 0 Å². The third-order valence-corrected chi connectivity index (χ3v) is 2.74. The number of halogens is 2. The van der Waals surface area contributed by atoms with E-state index < -0.39 is 11.6 Å². The summed E-state index contributed by atoms with van der Waals surface area (Å²) >= 11 is 0. The third-order valence-electron chi connectivity index (χ3n) is 2.74. The van der Waals surface area contributed by atoms with Gasteiger partial charge in [-0.2, -0.15) is 0 Å². The molecule has 0 fully saturated rings. The maximum atomic E-state index is 13.6. The van der Waals surface area contributed by atoms with Crippen LogP contribution in [-0.2, 0) is 6.54 Å². The molecule has 128 valence electrons. The summed E-state index contributed by atoms with van der Waals surface area (Å²) in [5, 5.41) is 11.0. The van der Waals surface area contributed by atoms with Gasteiger partial charge in [0, 0.05) is 17.7 Å². The van der Waals surface area contributed by atoms with Crippen LogP contribution < -0.4 is 11.5 Å². The summed E-state index contributed by atoms with van der Waals surface area (Å²) in [5.41, 5.74) is 11.7. The summed E-state index contributed by atoms with van der Waals surface area (Å²) in [7, 11) is 0. The average molecular weight is 335 g/mol. The number of nitrogens with one attached hydrogen (secondary N) is 1. The molecule has 24 heavy (non-hydrogen) atoms. The molecule has 1 aromatic heterocycles. The second-order valence-electron chi connectivity index (χ2n) is 4.34. The molecule has 0 bridgehead atoms. The van der Waals surface area contributed by atoms with Crippen LogP contribution in [0.25, 0.3) is 0 Å². The molecule has 0 amide bonds. The van der Waals surface area contributed by atoms with Crippen molar-refractivity contribution in [1.29, 1.82) is 5.41 Å². The maximum absolute atomic E-state index is 13.6. The fraction of sp³-hybridized carbons (Fsp3) is 0.188. The lowest BCUT2D eigenvalue weighted by Gasteiger charge is -2.03. The van der Waals surface area contributed by atoms with E-state index in [0.717, 1.165) is 12.1 Å². The van der Waals surface area contributed by atoms with E-state index in [1.54, 1.807) is 0 Å². The number of hydrogen-bond acceptors (Lipinski definition) is 5. The van der Waals surface area contributed by atoms with E-state index in [-0.39, 0.29) is 29.4 Å². The zero-order chi connectivity index (χ0) is 18.1. The van der Waals surface area contributed by atoms with Crippen molar-refractivity contribution in [3.05, 3.63) is 65.2 Å². The number of nitrogens with two attached hydrogens (primary N) is 2. The molecule has 0 aliphatic heterocycles. The Morgan fingerprint density at radius 1 is 1.29 bits per heavy atom. The summed E-state index contributed by atoms with van der Waals surface area (Å²) in [6.07, 6.45) is 2.67. The van der Waals surface area contributed by atoms with Gasteiger partial charge in [0.1, 0.15) is 29.4 Å². The second kappa shape index (κ2) is 9.19. The summed E-state index contributed by atoms with van der Waals surface area (Å²) in [6, 6.07) is 4.75. The fourth-order valence-electron chi connectivity index (χ4n) is 1.59. The first-order chi connectivity index (χ1) is 11.5. The van der Waals surface area contributed by atoms with Crippen molar-refractivity contribution in [2.45, 2.75) is 20.4 Å². The van der Waals surface area contributed by atoms with Crippen LogP contribution in [0.2, 0.25) is 0 Å². The molecule has 0 radical (unpaired) electrons. The summed E-state index contributed by atoms with van der Waals surface area (Å²) in [5.74, 6) is -1.70. The van der Waals surface area contributed by atoms with Crippen LogP contribution >= 0.6 is 0 Å². The van der Waals surface area contributed by atoms with Gasteiger partial charge in [-0.05, 0) is 12.1 Å². The minimum atomic E-state index is -0.702. The van der Waals surface area contributed by atoms with Gasteiger partial charge in [0.05, 0.1) is 18.0 Å². The molecular formula is C16H19F2N5O. The van der Waals surface area contributed by atoms with Gasteiger partial charge in [-0.3, -0.25) is 10.4 Å². The molecule has 0 aliphatic rings. The number of rotatable bonds is 5. The number of hydrogen-bond donors (Lipinski definition) is 3. The Kier molecular flexibility index (Phi) is 7.28. The first-order valence-electron chi connectivity index (χ1n) is 7.18. The van der Waals surface area contributed by atoms with Gasteiger partial charge in [-0.25, -0.2) is 8.78 Å². The van der Waals surface area contributed by atoms with Gasteiger partial charge >= 0.3 is 0 Å². The highest BCUT2D eigenvalue weighted by atomic mass is 19.1. The van der Waals surface area contributed by atoms with E-state index in [9.17, 15) is 8.78 Å². The zero-order valence-corrected chi connectivity index (χ0v) is 13.4. The Morgan fingerprint density at radius 2 is 2.00 bits per heavy atom. The topological polar surface area (TPSA) is 114 Å². The van der Waals surface area contributed by atoms with E-state index in [0.29, 0.717) is 5.69 Å². The van der Waals surface area contributed by atoms with Crippen molar-refractivity contribution in [2.75, 3.05) is 0 Å². The SMILES string of the molecule is CC.N=C(N)/C(N)=C/C(=NCc1ccc(F)cc1F)c1ccon1. The number of benzene rings is 1. The average Bonchev–Trinajstić information content (AvgIpc) is 3.08. The Labute approximate surface area is 138 Å². The molecule has 6 nitrogen and oxygen atoms in total. The van der Waals surface area contributed by atoms with E-state index in [1.165, 1.54) is 24.5 Å². The molecular weight excluding hydrogens is 316 g/mol. The molecule has 5 N–H and O–H groups in total. The van der Waals surface area contributed by atoms with E-state index in [4.69, 9.17) is 21.4 Å². The highest BCUT2D eigenvalue weighted by molar-refractivity contribution is 6.11. The zero-order valence-electron chi connectivity index (χ0n) is 13.4. The van der Waals surface area contributed by atoms with Gasteiger partial charge in [-0.1, -0.05) is 25.1 Å². The lowest BCUT2D eigenvalue weighted by Crippen LogP contribution is -2.20. The Hall–Kier alpha value is -3.03. The second-order valence-corrected chi connectivity index (χ2v) is 4.34. The molecule has 0 unspecified atom stereocenters. The van der Waals surface area contributed by atoms with Gasteiger partial charge in [-0.15, -0.1) is 0 Å². The van der Waals surface area contributed by atoms with Crippen molar-refractivity contribution in [1.82, 2.24) is 5.16 Å². The number of amidine groups is 1. The van der Waals surface area contributed by atoms with Crippen molar-refractivity contribution in [3.63, 3.8) is 0 Å². The lowest BCUT2D eigenvalue weighted by atomic mass is 10.2. The molecule has 1 aromatic carbocycles. The molecule has 2 aromatic rings. The van der Waals surface area contributed by atoms with Crippen LogP contribution in [0.5, 0.6) is 0 Å². The monoisotopic (exact) mass is 335 g/mol. The minimum Gasteiger partial charge on any atom is -0.396 e. The summed E-state index contributed by atoms with van der Waals surface area (Å²) < 4.78 is 31.2. The van der Waals surface area contributed by atoms with Gasteiger partial charge in [0.25, 0.3) is 0 Å². The molecule has 0 aliphatic carbocycles. The molecule has 0 spiro atoms. The smallest absolute Gasteiger partial charge is 0.139 e. The number of allylic oxidation sites excluding steroid dienone is 1.